The van der Waals surface area contributed by atoms with Gasteiger partial charge in [-0.05, 0) is 45.5 Å². The number of fused-ring (bicyclic) bond motifs is 7. The summed E-state index contributed by atoms with van der Waals surface area (Å²) >= 11 is 0. The fourth-order valence-electron chi connectivity index (χ4n) is 6.51. The monoisotopic (exact) mass is 562 g/mol. The molecular weight excluding hydrogens is 536 g/mol. The molecule has 206 valence electrons. The van der Waals surface area contributed by atoms with E-state index in [-0.39, 0.29) is 0 Å². The van der Waals surface area contributed by atoms with Crippen LogP contribution in [-0.2, 0) is 0 Å². The maximum absolute atomic E-state index is 6.71. The molecule has 0 unspecified atom stereocenters. The zero-order valence-corrected chi connectivity index (χ0v) is 23.8. The Hall–Kier alpha value is -5.86. The number of benzene rings is 7. The number of rotatable bonds is 4. The first kappa shape index (κ1) is 24.7. The van der Waals surface area contributed by atoms with Gasteiger partial charge in [-0.1, -0.05) is 146 Å². The lowest BCUT2D eigenvalue weighted by Gasteiger charge is -2.06. The predicted molar refractivity (Wildman–Crippen MR) is 183 cm³/mol. The van der Waals surface area contributed by atoms with Gasteiger partial charge in [0.1, 0.15) is 11.2 Å². The van der Waals surface area contributed by atoms with Crippen molar-refractivity contribution in [3.8, 4) is 44.5 Å². The fraction of sp³-hybridized carbons (Fsp3) is 0. The van der Waals surface area contributed by atoms with Crippen LogP contribution < -0.4 is 0 Å². The van der Waals surface area contributed by atoms with Crippen LogP contribution in [0.1, 0.15) is 0 Å². The Balaban J connectivity index is 1.18. The summed E-state index contributed by atoms with van der Waals surface area (Å²) in [5.74, 6) is 0. The first-order valence-corrected chi connectivity index (χ1v) is 14.9. The van der Waals surface area contributed by atoms with E-state index in [1.165, 1.54) is 22.3 Å². The molecule has 9 rings (SSSR count). The lowest BCUT2D eigenvalue weighted by Crippen LogP contribution is -1.81. The van der Waals surface area contributed by atoms with Crippen LogP contribution in [0.3, 0.4) is 0 Å². The average Bonchev–Trinajstić information content (AvgIpc) is 3.68. The summed E-state index contributed by atoms with van der Waals surface area (Å²) in [4.78, 5) is 0. The molecule has 2 heteroatoms. The van der Waals surface area contributed by atoms with Crippen molar-refractivity contribution < 1.29 is 8.83 Å². The smallest absolute Gasteiger partial charge is 0.178 e. The quantitative estimate of drug-likeness (QED) is 0.213. The lowest BCUT2D eigenvalue weighted by atomic mass is 9.98. The van der Waals surface area contributed by atoms with Gasteiger partial charge in [-0.25, -0.2) is 0 Å². The normalized spacial score (nSPS) is 11.6. The van der Waals surface area contributed by atoms with Crippen molar-refractivity contribution in [3.63, 3.8) is 0 Å². The van der Waals surface area contributed by atoms with E-state index in [0.29, 0.717) is 0 Å². The predicted octanol–water partition coefficient (Wildman–Crippen LogP) is 12.2. The van der Waals surface area contributed by atoms with E-state index in [4.69, 9.17) is 8.83 Å². The fourth-order valence-corrected chi connectivity index (χ4v) is 6.51. The zero-order valence-electron chi connectivity index (χ0n) is 23.8. The van der Waals surface area contributed by atoms with Gasteiger partial charge in [0.05, 0.1) is 0 Å². The Kier molecular flexibility index (Phi) is 5.54. The minimum atomic E-state index is 0.785. The molecule has 0 bridgehead atoms. The third kappa shape index (κ3) is 3.89. The van der Waals surface area contributed by atoms with Crippen LogP contribution in [0.4, 0.5) is 0 Å². The van der Waals surface area contributed by atoms with Gasteiger partial charge in [0, 0.05) is 32.7 Å². The number of hydrogen-bond acceptors (Lipinski definition) is 2. The SMILES string of the molecule is c1ccc(-c2ccc(-c3cccc4c3oc3c4ccc4c5cccc(-c6ccc(-c7ccccc7)cc6)c5oc43)cc2)cc1. The molecule has 9 aromatic rings. The molecule has 0 saturated carbocycles. The molecule has 0 N–H and O–H groups in total. The van der Waals surface area contributed by atoms with Crippen LogP contribution in [0.15, 0.2) is 167 Å². The summed E-state index contributed by atoms with van der Waals surface area (Å²) < 4.78 is 13.4. The van der Waals surface area contributed by atoms with Gasteiger partial charge in [0.15, 0.2) is 11.2 Å². The largest absolute Gasteiger partial charge is 0.451 e. The number of hydrogen-bond donors (Lipinski definition) is 0. The number of furan rings is 2. The maximum Gasteiger partial charge on any atom is 0.178 e. The van der Waals surface area contributed by atoms with E-state index < -0.39 is 0 Å². The molecule has 44 heavy (non-hydrogen) atoms. The van der Waals surface area contributed by atoms with Crippen molar-refractivity contribution in [1.82, 2.24) is 0 Å². The highest BCUT2D eigenvalue weighted by Crippen LogP contribution is 2.43. The molecule has 0 aliphatic heterocycles. The molecule has 0 atom stereocenters. The highest BCUT2D eigenvalue weighted by atomic mass is 16.4. The Bertz CT molecular complexity index is 2270. The number of para-hydroxylation sites is 2. The first-order chi connectivity index (χ1) is 21.8. The molecule has 0 amide bonds. The minimum Gasteiger partial charge on any atom is -0.451 e. The van der Waals surface area contributed by atoms with Gasteiger partial charge in [-0.15, -0.1) is 0 Å². The average molecular weight is 563 g/mol. The lowest BCUT2D eigenvalue weighted by molar-refractivity contribution is 0.634. The van der Waals surface area contributed by atoms with Crippen molar-refractivity contribution in [3.05, 3.63) is 158 Å². The zero-order chi connectivity index (χ0) is 29.0. The second-order valence-corrected chi connectivity index (χ2v) is 11.3. The van der Waals surface area contributed by atoms with E-state index in [2.05, 4.69) is 146 Å². The Morgan fingerprint density at radius 1 is 0.227 bits per heavy atom. The van der Waals surface area contributed by atoms with Gasteiger partial charge in [0.2, 0.25) is 0 Å². The first-order valence-electron chi connectivity index (χ1n) is 14.9. The van der Waals surface area contributed by atoms with Crippen molar-refractivity contribution in [2.75, 3.05) is 0 Å². The van der Waals surface area contributed by atoms with Gasteiger partial charge >= 0.3 is 0 Å². The van der Waals surface area contributed by atoms with Crippen LogP contribution in [0.2, 0.25) is 0 Å². The second-order valence-electron chi connectivity index (χ2n) is 11.3. The van der Waals surface area contributed by atoms with Crippen molar-refractivity contribution in [1.29, 1.82) is 0 Å². The Morgan fingerprint density at radius 3 is 0.977 bits per heavy atom. The van der Waals surface area contributed by atoms with E-state index in [1.54, 1.807) is 0 Å². The molecule has 0 aliphatic carbocycles. The third-order valence-electron chi connectivity index (χ3n) is 8.74. The highest BCUT2D eigenvalue weighted by Gasteiger charge is 2.19. The summed E-state index contributed by atoms with van der Waals surface area (Å²) in [7, 11) is 0. The van der Waals surface area contributed by atoms with Crippen molar-refractivity contribution >= 4 is 43.9 Å². The maximum atomic E-state index is 6.71. The van der Waals surface area contributed by atoms with Crippen molar-refractivity contribution in [2.24, 2.45) is 0 Å². The molecule has 2 aromatic heterocycles. The molecule has 0 aliphatic rings. The Labute approximate surface area is 254 Å². The summed E-state index contributed by atoms with van der Waals surface area (Å²) in [6.07, 6.45) is 0. The standard InChI is InChI=1S/C42H26O2/c1-3-9-27(10-4-1)29-17-21-31(22-18-29)33-13-7-15-35-37-25-26-38-36-16-8-14-34(40(36)44-42(38)41(37)43-39(33)35)32-23-19-30(20-24-32)28-11-5-2-6-12-28/h1-26H. The van der Waals surface area contributed by atoms with Crippen LogP contribution in [-0.4, -0.2) is 0 Å². The molecule has 0 spiro atoms. The molecule has 0 radical (unpaired) electrons. The summed E-state index contributed by atoms with van der Waals surface area (Å²) in [5.41, 5.74) is 12.5. The van der Waals surface area contributed by atoms with E-state index in [9.17, 15) is 0 Å². The molecular formula is C42H26O2. The Morgan fingerprint density at radius 2 is 0.568 bits per heavy atom. The van der Waals surface area contributed by atoms with Crippen LogP contribution in [0.5, 0.6) is 0 Å². The molecule has 0 fully saturated rings. The molecule has 2 nitrogen and oxygen atoms in total. The van der Waals surface area contributed by atoms with Gasteiger partial charge < -0.3 is 8.83 Å². The third-order valence-corrected chi connectivity index (χ3v) is 8.74. The van der Waals surface area contributed by atoms with Gasteiger partial charge in [0.25, 0.3) is 0 Å². The minimum absolute atomic E-state index is 0.785. The van der Waals surface area contributed by atoms with E-state index in [0.717, 1.165) is 66.1 Å². The van der Waals surface area contributed by atoms with Gasteiger partial charge in [-0.3, -0.25) is 0 Å². The second kappa shape index (κ2) is 9.86. The van der Waals surface area contributed by atoms with Crippen LogP contribution >= 0.6 is 0 Å². The summed E-state index contributed by atoms with van der Waals surface area (Å²) in [5, 5.41) is 4.29. The topological polar surface area (TPSA) is 26.3 Å². The highest BCUT2D eigenvalue weighted by molar-refractivity contribution is 6.21. The summed E-state index contributed by atoms with van der Waals surface area (Å²) in [6, 6.07) is 55.4. The van der Waals surface area contributed by atoms with E-state index in [1.807, 2.05) is 12.1 Å². The molecule has 2 heterocycles. The molecule has 7 aromatic carbocycles. The molecule has 0 saturated heterocycles. The van der Waals surface area contributed by atoms with Crippen LogP contribution in [0, 0.1) is 0 Å². The van der Waals surface area contributed by atoms with Gasteiger partial charge in [-0.2, -0.15) is 0 Å². The van der Waals surface area contributed by atoms with E-state index >= 15 is 0 Å². The van der Waals surface area contributed by atoms with Crippen LogP contribution in [0.25, 0.3) is 88.4 Å². The summed E-state index contributed by atoms with van der Waals surface area (Å²) in [6.45, 7) is 0. The van der Waals surface area contributed by atoms with Crippen molar-refractivity contribution in [2.45, 2.75) is 0 Å².